The van der Waals surface area contributed by atoms with Gasteiger partial charge in [-0.1, -0.05) is 30.3 Å². The van der Waals surface area contributed by atoms with Crippen LogP contribution in [0.5, 0.6) is 11.5 Å². The number of para-hydroxylation sites is 3. The number of piperazine rings is 1. The molecule has 2 heterocycles. The normalized spacial score (nSPS) is 15.1. The Morgan fingerprint density at radius 2 is 1.56 bits per heavy atom. The largest absolute Gasteiger partial charge is 0.495 e. The van der Waals surface area contributed by atoms with Gasteiger partial charge in [0.25, 0.3) is 0 Å². The van der Waals surface area contributed by atoms with E-state index in [1.807, 2.05) is 24.3 Å². The molecular weight excluding hydrogens is 338 g/mol. The zero-order valence-corrected chi connectivity index (χ0v) is 15.9. The van der Waals surface area contributed by atoms with Gasteiger partial charge in [-0.15, -0.1) is 0 Å². The number of hydrogen-bond donors (Lipinski definition) is 0. The van der Waals surface area contributed by atoms with Crippen LogP contribution in [0.2, 0.25) is 0 Å². The maximum Gasteiger partial charge on any atom is 0.145 e. The highest BCUT2D eigenvalue weighted by molar-refractivity contribution is 5.84. The average Bonchev–Trinajstić information content (AvgIpc) is 2.74. The van der Waals surface area contributed by atoms with Gasteiger partial charge in [0.1, 0.15) is 17.0 Å². The minimum absolute atomic E-state index is 0.829. The number of ether oxygens (including phenoxy) is 2. The van der Waals surface area contributed by atoms with E-state index in [-0.39, 0.29) is 0 Å². The molecule has 4 rings (SSSR count). The monoisotopic (exact) mass is 363 g/mol. The molecule has 0 aliphatic carbocycles. The Morgan fingerprint density at radius 3 is 2.33 bits per heavy atom. The van der Waals surface area contributed by atoms with E-state index in [2.05, 4.69) is 40.1 Å². The van der Waals surface area contributed by atoms with Gasteiger partial charge in [-0.25, -0.2) is 4.98 Å². The van der Waals surface area contributed by atoms with E-state index in [9.17, 15) is 0 Å². The molecule has 1 aliphatic heterocycles. The molecule has 1 aliphatic rings. The highest BCUT2D eigenvalue weighted by Crippen LogP contribution is 2.29. The van der Waals surface area contributed by atoms with Crippen LogP contribution in [0.1, 0.15) is 5.69 Å². The van der Waals surface area contributed by atoms with Crippen molar-refractivity contribution >= 4 is 16.6 Å². The fourth-order valence-electron chi connectivity index (χ4n) is 3.68. The predicted molar refractivity (Wildman–Crippen MR) is 109 cm³/mol. The average molecular weight is 363 g/mol. The van der Waals surface area contributed by atoms with E-state index >= 15 is 0 Å². The fourth-order valence-corrected chi connectivity index (χ4v) is 3.68. The first kappa shape index (κ1) is 17.6. The third-order valence-corrected chi connectivity index (χ3v) is 5.14. The van der Waals surface area contributed by atoms with Gasteiger partial charge in [0, 0.05) is 38.1 Å². The Bertz CT molecular complexity index is 920. The summed E-state index contributed by atoms with van der Waals surface area (Å²) < 4.78 is 11.0. The number of aromatic nitrogens is 1. The summed E-state index contributed by atoms with van der Waals surface area (Å²) in [6.07, 6.45) is 0. The second-order valence-electron chi connectivity index (χ2n) is 6.77. The molecule has 0 N–H and O–H groups in total. The molecule has 27 heavy (non-hydrogen) atoms. The molecule has 5 heteroatoms. The third kappa shape index (κ3) is 3.69. The minimum atomic E-state index is 0.829. The fraction of sp³-hybridized carbons (Fsp3) is 0.318. The standard InChI is InChI=1S/C22H25N3O2/c1-26-20-8-4-3-7-19(20)25-14-12-24(13-15-25)16-18-11-10-17-6-5-9-21(27-2)22(17)23-18/h3-11H,12-16H2,1-2H3. The molecule has 0 atom stereocenters. The van der Waals surface area contributed by atoms with Crippen molar-refractivity contribution in [1.29, 1.82) is 0 Å². The number of pyridine rings is 1. The number of anilines is 1. The summed E-state index contributed by atoms with van der Waals surface area (Å²) in [5, 5.41) is 1.11. The lowest BCUT2D eigenvalue weighted by Gasteiger charge is -2.36. The Balaban J connectivity index is 1.44. The van der Waals surface area contributed by atoms with Crippen molar-refractivity contribution in [3.63, 3.8) is 0 Å². The van der Waals surface area contributed by atoms with Crippen LogP contribution < -0.4 is 14.4 Å². The lowest BCUT2D eigenvalue weighted by atomic mass is 10.1. The number of nitrogens with zero attached hydrogens (tertiary/aromatic N) is 3. The minimum Gasteiger partial charge on any atom is -0.495 e. The van der Waals surface area contributed by atoms with E-state index in [4.69, 9.17) is 14.5 Å². The van der Waals surface area contributed by atoms with E-state index in [0.29, 0.717) is 0 Å². The van der Waals surface area contributed by atoms with Crippen molar-refractivity contribution < 1.29 is 9.47 Å². The molecule has 0 unspecified atom stereocenters. The van der Waals surface area contributed by atoms with Gasteiger partial charge >= 0.3 is 0 Å². The van der Waals surface area contributed by atoms with E-state index < -0.39 is 0 Å². The molecule has 1 fully saturated rings. The van der Waals surface area contributed by atoms with Gasteiger partial charge < -0.3 is 14.4 Å². The Kier molecular flexibility index (Phi) is 5.12. The summed E-state index contributed by atoms with van der Waals surface area (Å²) in [6.45, 7) is 4.83. The van der Waals surface area contributed by atoms with Crippen molar-refractivity contribution in [2.45, 2.75) is 6.54 Å². The molecule has 0 radical (unpaired) electrons. The van der Waals surface area contributed by atoms with Crippen LogP contribution in [0, 0.1) is 0 Å². The van der Waals surface area contributed by atoms with E-state index in [1.54, 1.807) is 14.2 Å². The predicted octanol–water partition coefficient (Wildman–Crippen LogP) is 3.57. The Morgan fingerprint density at radius 1 is 0.815 bits per heavy atom. The van der Waals surface area contributed by atoms with E-state index in [1.165, 1.54) is 5.69 Å². The first-order chi connectivity index (χ1) is 13.3. The van der Waals surface area contributed by atoms with Crippen LogP contribution in [0.4, 0.5) is 5.69 Å². The number of rotatable bonds is 5. The molecule has 0 amide bonds. The summed E-state index contributed by atoms with van der Waals surface area (Å²) in [5.74, 6) is 1.77. The highest BCUT2D eigenvalue weighted by atomic mass is 16.5. The molecule has 1 aromatic heterocycles. The Labute approximate surface area is 160 Å². The number of benzene rings is 2. The first-order valence-corrected chi connectivity index (χ1v) is 9.31. The van der Waals surface area contributed by atoms with Crippen LogP contribution in [0.15, 0.2) is 54.6 Å². The smallest absolute Gasteiger partial charge is 0.145 e. The topological polar surface area (TPSA) is 37.8 Å². The second kappa shape index (κ2) is 7.84. The van der Waals surface area contributed by atoms with E-state index in [0.717, 1.165) is 60.8 Å². The molecule has 1 saturated heterocycles. The SMILES string of the molecule is COc1ccccc1N1CCN(Cc2ccc3cccc(OC)c3n2)CC1. The number of fused-ring (bicyclic) bond motifs is 1. The van der Waals surface area contributed by atoms with Gasteiger partial charge in [-0.3, -0.25) is 4.90 Å². The van der Waals surface area contributed by atoms with Crippen LogP contribution >= 0.6 is 0 Å². The molecule has 3 aromatic rings. The van der Waals surface area contributed by atoms with Crippen molar-refractivity contribution in [3.05, 3.63) is 60.3 Å². The maximum atomic E-state index is 5.51. The summed E-state index contributed by atoms with van der Waals surface area (Å²) in [7, 11) is 3.43. The molecule has 0 saturated carbocycles. The lowest BCUT2D eigenvalue weighted by molar-refractivity contribution is 0.246. The van der Waals surface area contributed by atoms with Crippen molar-refractivity contribution in [2.24, 2.45) is 0 Å². The summed E-state index contributed by atoms with van der Waals surface area (Å²) in [6, 6.07) is 18.5. The van der Waals surface area contributed by atoms with Crippen molar-refractivity contribution in [1.82, 2.24) is 9.88 Å². The first-order valence-electron chi connectivity index (χ1n) is 9.31. The van der Waals surface area contributed by atoms with Crippen LogP contribution in [-0.2, 0) is 6.54 Å². The van der Waals surface area contributed by atoms with Crippen molar-refractivity contribution in [2.75, 3.05) is 45.3 Å². The van der Waals surface area contributed by atoms with Crippen LogP contribution in [-0.4, -0.2) is 50.3 Å². The molecule has 0 spiro atoms. The zero-order valence-electron chi connectivity index (χ0n) is 15.9. The summed E-state index contributed by atoms with van der Waals surface area (Å²) >= 11 is 0. The molecule has 2 aromatic carbocycles. The van der Waals surface area contributed by atoms with Crippen molar-refractivity contribution in [3.8, 4) is 11.5 Å². The molecule has 0 bridgehead atoms. The van der Waals surface area contributed by atoms with Crippen LogP contribution in [0.3, 0.4) is 0 Å². The highest BCUT2D eigenvalue weighted by Gasteiger charge is 2.20. The van der Waals surface area contributed by atoms with Gasteiger partial charge in [0.05, 0.1) is 25.6 Å². The number of methoxy groups -OCH3 is 2. The zero-order chi connectivity index (χ0) is 18.6. The lowest BCUT2D eigenvalue weighted by Crippen LogP contribution is -2.46. The third-order valence-electron chi connectivity index (χ3n) is 5.14. The second-order valence-corrected chi connectivity index (χ2v) is 6.77. The summed E-state index contributed by atoms with van der Waals surface area (Å²) in [5.41, 5.74) is 3.19. The number of hydrogen-bond acceptors (Lipinski definition) is 5. The molecule has 140 valence electrons. The van der Waals surface area contributed by atoms with Gasteiger partial charge in [-0.05, 0) is 24.3 Å². The molecular formula is C22H25N3O2. The molecule has 5 nitrogen and oxygen atoms in total. The van der Waals surface area contributed by atoms with Gasteiger partial charge in [0.2, 0.25) is 0 Å². The quantitative estimate of drug-likeness (QED) is 0.693. The van der Waals surface area contributed by atoms with Gasteiger partial charge in [0.15, 0.2) is 0 Å². The van der Waals surface area contributed by atoms with Crippen LogP contribution in [0.25, 0.3) is 10.9 Å². The van der Waals surface area contributed by atoms with Gasteiger partial charge in [-0.2, -0.15) is 0 Å². The maximum absolute atomic E-state index is 5.51. The summed E-state index contributed by atoms with van der Waals surface area (Å²) in [4.78, 5) is 9.69. The Hall–Kier alpha value is -2.79.